The normalized spacial score (nSPS) is 12.8. The van der Waals surface area contributed by atoms with Crippen LogP contribution in [0.2, 0.25) is 0 Å². The second-order valence-electron chi connectivity index (χ2n) is 7.75. The minimum Gasteiger partial charge on any atom is -0.363 e. The second-order valence-corrected chi connectivity index (χ2v) is 7.75. The molecule has 2 aromatic heterocycles. The molecule has 0 aliphatic carbocycles. The Hall–Kier alpha value is -1.82. The second kappa shape index (κ2) is 8.04. The van der Waals surface area contributed by atoms with Crippen molar-refractivity contribution in [1.82, 2.24) is 24.9 Å². The molecule has 0 saturated heterocycles. The highest BCUT2D eigenvalue weighted by atomic mass is 15.4. The Morgan fingerprint density at radius 2 is 1.72 bits per heavy atom. The number of nitrogens with zero attached hydrogens (tertiary/aromatic N) is 5. The Labute approximate surface area is 152 Å². The van der Waals surface area contributed by atoms with Gasteiger partial charge in [0.25, 0.3) is 0 Å². The van der Waals surface area contributed by atoms with Gasteiger partial charge in [-0.05, 0) is 39.7 Å². The number of anilines is 1. The van der Waals surface area contributed by atoms with Crippen molar-refractivity contribution in [1.29, 1.82) is 0 Å². The minimum atomic E-state index is 0.334. The summed E-state index contributed by atoms with van der Waals surface area (Å²) < 4.78 is 4.22. The molecule has 1 atom stereocenters. The molecular weight excluding hydrogens is 312 g/mol. The van der Waals surface area contributed by atoms with E-state index in [0.717, 1.165) is 31.0 Å². The summed E-state index contributed by atoms with van der Waals surface area (Å²) in [6.45, 7) is 15.5. The molecule has 0 aliphatic rings. The highest BCUT2D eigenvalue weighted by molar-refractivity contribution is 5.49. The molecule has 2 heterocycles. The molecule has 0 fully saturated rings. The fourth-order valence-electron chi connectivity index (χ4n) is 3.25. The zero-order valence-electron chi connectivity index (χ0n) is 17.1. The van der Waals surface area contributed by atoms with Crippen LogP contribution in [0.1, 0.15) is 43.4 Å². The first-order chi connectivity index (χ1) is 11.7. The summed E-state index contributed by atoms with van der Waals surface area (Å²) in [6, 6.07) is 2.46. The lowest BCUT2D eigenvalue weighted by atomic mass is 10.2. The molecule has 6 nitrogen and oxygen atoms in total. The SMILES string of the molecule is Cc1cc(C)n(C[C@@H](C)NCc2c(C)nn(CC(C)C)c2N(C)C)n1. The zero-order valence-corrected chi connectivity index (χ0v) is 17.1. The molecule has 0 aliphatic heterocycles. The summed E-state index contributed by atoms with van der Waals surface area (Å²) in [5.74, 6) is 1.78. The van der Waals surface area contributed by atoms with Crippen LogP contribution in [0, 0.1) is 26.7 Å². The molecule has 25 heavy (non-hydrogen) atoms. The van der Waals surface area contributed by atoms with E-state index in [2.05, 4.69) is 79.5 Å². The largest absolute Gasteiger partial charge is 0.363 e. The third kappa shape index (κ3) is 4.84. The third-order valence-corrected chi connectivity index (χ3v) is 4.36. The Kier molecular flexibility index (Phi) is 6.27. The molecule has 0 unspecified atom stereocenters. The van der Waals surface area contributed by atoms with Crippen molar-refractivity contribution in [3.63, 3.8) is 0 Å². The molecule has 140 valence electrons. The van der Waals surface area contributed by atoms with Crippen LogP contribution in [-0.4, -0.2) is 39.7 Å². The van der Waals surface area contributed by atoms with Crippen LogP contribution in [0.3, 0.4) is 0 Å². The van der Waals surface area contributed by atoms with Crippen molar-refractivity contribution in [2.45, 2.75) is 67.2 Å². The number of aromatic nitrogens is 4. The van der Waals surface area contributed by atoms with Gasteiger partial charge in [-0.1, -0.05) is 13.8 Å². The van der Waals surface area contributed by atoms with E-state index in [9.17, 15) is 0 Å². The molecule has 1 N–H and O–H groups in total. The topological polar surface area (TPSA) is 50.9 Å². The van der Waals surface area contributed by atoms with Crippen molar-refractivity contribution >= 4 is 5.82 Å². The van der Waals surface area contributed by atoms with Crippen molar-refractivity contribution in [2.75, 3.05) is 19.0 Å². The molecule has 0 spiro atoms. The van der Waals surface area contributed by atoms with Crippen LogP contribution in [0.15, 0.2) is 6.07 Å². The summed E-state index contributed by atoms with van der Waals surface area (Å²) >= 11 is 0. The fraction of sp³-hybridized carbons (Fsp3) is 0.684. The predicted octanol–water partition coefficient (Wildman–Crippen LogP) is 2.91. The summed E-state index contributed by atoms with van der Waals surface area (Å²) in [5, 5.41) is 13.0. The molecular formula is C19H34N6. The average Bonchev–Trinajstić information content (AvgIpc) is 2.95. The monoisotopic (exact) mass is 346 g/mol. The number of hydrogen-bond acceptors (Lipinski definition) is 4. The highest BCUT2D eigenvalue weighted by Gasteiger charge is 2.18. The Balaban J connectivity index is 2.09. The van der Waals surface area contributed by atoms with E-state index >= 15 is 0 Å². The van der Waals surface area contributed by atoms with E-state index in [0.29, 0.717) is 12.0 Å². The van der Waals surface area contributed by atoms with Gasteiger partial charge in [-0.25, -0.2) is 4.68 Å². The number of hydrogen-bond donors (Lipinski definition) is 1. The van der Waals surface area contributed by atoms with Gasteiger partial charge in [0.15, 0.2) is 0 Å². The third-order valence-electron chi connectivity index (χ3n) is 4.36. The molecule has 0 radical (unpaired) electrons. The van der Waals surface area contributed by atoms with Crippen molar-refractivity contribution in [2.24, 2.45) is 5.92 Å². The van der Waals surface area contributed by atoms with Crippen molar-refractivity contribution in [3.8, 4) is 0 Å². The highest BCUT2D eigenvalue weighted by Crippen LogP contribution is 2.23. The Morgan fingerprint density at radius 1 is 1.04 bits per heavy atom. The smallest absolute Gasteiger partial charge is 0.131 e. The predicted molar refractivity (Wildman–Crippen MR) is 104 cm³/mol. The zero-order chi connectivity index (χ0) is 18.7. The van der Waals surface area contributed by atoms with E-state index < -0.39 is 0 Å². The lowest BCUT2D eigenvalue weighted by Crippen LogP contribution is -2.31. The van der Waals surface area contributed by atoms with E-state index in [-0.39, 0.29) is 0 Å². The first kappa shape index (κ1) is 19.5. The molecule has 0 bridgehead atoms. The van der Waals surface area contributed by atoms with Crippen LogP contribution >= 0.6 is 0 Å². The maximum Gasteiger partial charge on any atom is 0.131 e. The van der Waals surface area contributed by atoms with Crippen molar-refractivity contribution < 1.29 is 0 Å². The van der Waals surface area contributed by atoms with Gasteiger partial charge >= 0.3 is 0 Å². The maximum atomic E-state index is 4.77. The number of aryl methyl sites for hydroxylation is 3. The van der Waals surface area contributed by atoms with Crippen LogP contribution in [0.5, 0.6) is 0 Å². The number of rotatable bonds is 8. The molecule has 0 saturated carbocycles. The van der Waals surface area contributed by atoms with E-state index in [1.54, 1.807) is 0 Å². The van der Waals surface area contributed by atoms with Gasteiger partial charge in [-0.15, -0.1) is 0 Å². The van der Waals surface area contributed by atoms with E-state index in [1.165, 1.54) is 17.1 Å². The van der Waals surface area contributed by atoms with Gasteiger partial charge in [0.1, 0.15) is 5.82 Å². The summed E-state index contributed by atoms with van der Waals surface area (Å²) in [5.41, 5.74) is 4.67. The molecule has 6 heteroatoms. The maximum absolute atomic E-state index is 4.77. The average molecular weight is 347 g/mol. The quantitative estimate of drug-likeness (QED) is 0.798. The lowest BCUT2D eigenvalue weighted by Gasteiger charge is -2.20. The number of nitrogens with one attached hydrogen (secondary N) is 1. The van der Waals surface area contributed by atoms with Gasteiger partial charge in [-0.2, -0.15) is 10.2 Å². The van der Waals surface area contributed by atoms with E-state index in [4.69, 9.17) is 5.10 Å². The summed E-state index contributed by atoms with van der Waals surface area (Å²) in [7, 11) is 4.19. The van der Waals surface area contributed by atoms with Gasteiger partial charge in [0.05, 0.1) is 17.9 Å². The molecule has 2 rings (SSSR count). The van der Waals surface area contributed by atoms with Gasteiger partial charge in [0.2, 0.25) is 0 Å². The van der Waals surface area contributed by atoms with Crippen LogP contribution < -0.4 is 10.2 Å². The van der Waals surface area contributed by atoms with Gasteiger partial charge in [-0.3, -0.25) is 4.68 Å². The van der Waals surface area contributed by atoms with Crippen LogP contribution in [0.25, 0.3) is 0 Å². The van der Waals surface area contributed by atoms with E-state index in [1.807, 2.05) is 6.92 Å². The minimum absolute atomic E-state index is 0.334. The summed E-state index contributed by atoms with van der Waals surface area (Å²) in [4.78, 5) is 2.17. The molecule has 0 amide bonds. The Morgan fingerprint density at radius 3 is 2.24 bits per heavy atom. The lowest BCUT2D eigenvalue weighted by molar-refractivity contribution is 0.443. The van der Waals surface area contributed by atoms with Gasteiger partial charge in [0, 0.05) is 44.5 Å². The first-order valence-electron chi connectivity index (χ1n) is 9.17. The first-order valence-corrected chi connectivity index (χ1v) is 9.17. The standard InChI is InChI=1S/C19H34N6/c1-13(2)11-25-19(23(7)8)18(17(6)22-25)10-20-15(4)12-24-16(5)9-14(3)21-24/h9,13,15,20H,10-12H2,1-8H3/t15-/m1/s1. The van der Waals surface area contributed by atoms with Crippen LogP contribution in [-0.2, 0) is 19.6 Å². The van der Waals surface area contributed by atoms with Crippen molar-refractivity contribution in [3.05, 3.63) is 28.7 Å². The Bertz CT molecular complexity index is 695. The fourth-order valence-corrected chi connectivity index (χ4v) is 3.25. The molecule has 2 aromatic rings. The van der Waals surface area contributed by atoms with Gasteiger partial charge < -0.3 is 10.2 Å². The summed E-state index contributed by atoms with van der Waals surface area (Å²) in [6.07, 6.45) is 0. The molecule has 0 aromatic carbocycles. The van der Waals surface area contributed by atoms with Crippen LogP contribution in [0.4, 0.5) is 5.82 Å².